The average Bonchev–Trinajstić information content (AvgIpc) is 3.04. The molecule has 3 heterocycles. The number of likely N-dealkylation sites (tertiary alicyclic amines) is 1. The number of rotatable bonds is 4. The van der Waals surface area contributed by atoms with E-state index in [4.69, 9.17) is 9.47 Å². The van der Waals surface area contributed by atoms with Gasteiger partial charge in [-0.1, -0.05) is 0 Å². The largest absolute Gasteiger partial charge is 0.474 e. The minimum atomic E-state index is -4.72. The fourth-order valence-electron chi connectivity index (χ4n) is 2.95. The number of ether oxygens (including phenoxy) is 2. The molecule has 1 aliphatic rings. The Kier molecular flexibility index (Phi) is 5.80. The third-order valence-electron chi connectivity index (χ3n) is 4.36. The molecule has 1 aliphatic heterocycles. The molecule has 2 aromatic rings. The van der Waals surface area contributed by atoms with Crippen molar-refractivity contribution in [1.82, 2.24) is 15.2 Å². The van der Waals surface area contributed by atoms with Crippen LogP contribution in [0.25, 0.3) is 10.2 Å². The van der Waals surface area contributed by atoms with Crippen LogP contribution >= 0.6 is 11.3 Å². The highest BCUT2D eigenvalue weighted by Gasteiger charge is 2.48. The summed E-state index contributed by atoms with van der Waals surface area (Å²) >= 11 is 0.736. The van der Waals surface area contributed by atoms with E-state index in [0.717, 1.165) is 16.2 Å². The van der Waals surface area contributed by atoms with Gasteiger partial charge >= 0.3 is 12.3 Å². The van der Waals surface area contributed by atoms with Gasteiger partial charge in [0.1, 0.15) is 12.2 Å². The molecule has 1 N–H and O–H groups in total. The van der Waals surface area contributed by atoms with E-state index < -0.39 is 47.5 Å². The average molecular weight is 463 g/mol. The lowest BCUT2D eigenvalue weighted by atomic mass is 9.98. The normalized spacial score (nSPS) is 16.1. The minimum absolute atomic E-state index is 0.0341. The lowest BCUT2D eigenvalue weighted by Gasteiger charge is -2.43. The highest BCUT2D eigenvalue weighted by Crippen LogP contribution is 2.40. The molecule has 1 fully saturated rings. The van der Waals surface area contributed by atoms with Gasteiger partial charge in [-0.3, -0.25) is 4.79 Å². The maximum atomic E-state index is 14.8. The minimum Gasteiger partial charge on any atom is -0.474 e. The zero-order valence-corrected chi connectivity index (χ0v) is 18.0. The van der Waals surface area contributed by atoms with Gasteiger partial charge in [-0.05, 0) is 20.8 Å². The van der Waals surface area contributed by atoms with E-state index >= 15 is 0 Å². The molecule has 0 aromatic carbocycles. The van der Waals surface area contributed by atoms with Gasteiger partial charge in [0.2, 0.25) is 5.88 Å². The molecule has 7 nitrogen and oxygen atoms in total. The fraction of sp³-hybridized carbons (Fsp3) is 0.526. The first-order valence-electron chi connectivity index (χ1n) is 9.24. The van der Waals surface area contributed by atoms with Crippen molar-refractivity contribution in [3.05, 3.63) is 22.6 Å². The number of nitrogens with one attached hydrogen (secondary N) is 1. The van der Waals surface area contributed by atoms with Crippen molar-refractivity contribution in [2.24, 2.45) is 0 Å². The van der Waals surface area contributed by atoms with Crippen LogP contribution in [0.15, 0.2) is 11.4 Å². The molecule has 2 amide bonds. The number of amides is 2. The number of carbonyl (C=O) groups excluding carboxylic acids is 2. The molecule has 0 unspecified atom stereocenters. The molecule has 12 heteroatoms. The Labute approximate surface area is 179 Å². The highest BCUT2D eigenvalue weighted by molar-refractivity contribution is 7.17. The van der Waals surface area contributed by atoms with Gasteiger partial charge in [0, 0.05) is 18.5 Å². The molecule has 0 aliphatic carbocycles. The first-order chi connectivity index (χ1) is 14.2. The van der Waals surface area contributed by atoms with Crippen molar-refractivity contribution < 1.29 is 36.6 Å². The van der Waals surface area contributed by atoms with Gasteiger partial charge in [0.25, 0.3) is 5.91 Å². The van der Waals surface area contributed by atoms with Crippen LogP contribution in [-0.4, -0.2) is 59.9 Å². The van der Waals surface area contributed by atoms with E-state index in [0.29, 0.717) is 6.07 Å². The molecule has 3 rings (SSSR count). The second-order valence-corrected chi connectivity index (χ2v) is 9.07. The molecule has 0 saturated carbocycles. The molecule has 31 heavy (non-hydrogen) atoms. The first kappa shape index (κ1) is 23.0. The number of hydrogen-bond donors (Lipinski definition) is 1. The number of alkyl halides is 4. The predicted molar refractivity (Wildman–Crippen MR) is 105 cm³/mol. The van der Waals surface area contributed by atoms with E-state index in [-0.39, 0.29) is 28.9 Å². The standard InChI is InChI=1S/C19H21F4N3O4S/c1-17(2,3)30-16(28)26-7-18(20,8-26)9-29-12-5-11(19(21,22)23)14-13(25-12)10(6-31-14)15(27)24-4/h5-6H,7-9H2,1-4H3,(H,24,27). The maximum absolute atomic E-state index is 14.8. The van der Waals surface area contributed by atoms with Gasteiger partial charge in [-0.2, -0.15) is 13.2 Å². The van der Waals surface area contributed by atoms with Crippen LogP contribution in [0.2, 0.25) is 0 Å². The summed E-state index contributed by atoms with van der Waals surface area (Å²) in [5, 5.41) is 3.61. The quantitative estimate of drug-likeness (QED) is 0.693. The van der Waals surface area contributed by atoms with E-state index in [2.05, 4.69) is 10.3 Å². The molecule has 0 radical (unpaired) electrons. The van der Waals surface area contributed by atoms with Crippen molar-refractivity contribution in [3.63, 3.8) is 0 Å². The van der Waals surface area contributed by atoms with E-state index in [1.807, 2.05) is 0 Å². The van der Waals surface area contributed by atoms with Gasteiger partial charge in [-0.15, -0.1) is 11.3 Å². The van der Waals surface area contributed by atoms with E-state index in [9.17, 15) is 27.2 Å². The van der Waals surface area contributed by atoms with Crippen LogP contribution < -0.4 is 10.1 Å². The second-order valence-electron chi connectivity index (χ2n) is 8.19. The Morgan fingerprint density at radius 1 is 1.29 bits per heavy atom. The zero-order chi connectivity index (χ0) is 23.2. The number of hydrogen-bond acceptors (Lipinski definition) is 6. The van der Waals surface area contributed by atoms with Crippen molar-refractivity contribution in [2.75, 3.05) is 26.7 Å². The topological polar surface area (TPSA) is 80.8 Å². The third kappa shape index (κ3) is 5.00. The number of pyridine rings is 1. The number of carbonyl (C=O) groups is 2. The van der Waals surface area contributed by atoms with Gasteiger partial charge < -0.3 is 19.7 Å². The van der Waals surface area contributed by atoms with Gasteiger partial charge in [0.15, 0.2) is 5.67 Å². The number of halogens is 4. The summed E-state index contributed by atoms with van der Waals surface area (Å²) < 4.78 is 65.5. The lowest BCUT2D eigenvalue weighted by Crippen LogP contribution is -2.64. The van der Waals surface area contributed by atoms with Gasteiger partial charge in [-0.25, -0.2) is 14.2 Å². The molecular formula is C19H21F4N3O4S. The number of fused-ring (bicyclic) bond motifs is 1. The summed E-state index contributed by atoms with van der Waals surface area (Å²) in [5.41, 5.74) is -3.92. The van der Waals surface area contributed by atoms with Crippen molar-refractivity contribution in [2.45, 2.75) is 38.2 Å². The summed E-state index contributed by atoms with van der Waals surface area (Å²) in [4.78, 5) is 29.0. The Morgan fingerprint density at radius 3 is 2.48 bits per heavy atom. The summed E-state index contributed by atoms with van der Waals surface area (Å²) in [6.45, 7) is 3.77. The number of aromatic nitrogens is 1. The molecule has 0 atom stereocenters. The fourth-order valence-corrected chi connectivity index (χ4v) is 3.98. The van der Waals surface area contributed by atoms with E-state index in [1.165, 1.54) is 12.4 Å². The number of thiophene rings is 1. The molecular weight excluding hydrogens is 442 g/mol. The Balaban J connectivity index is 1.78. The maximum Gasteiger partial charge on any atom is 0.418 e. The monoisotopic (exact) mass is 463 g/mol. The molecule has 2 aromatic heterocycles. The zero-order valence-electron chi connectivity index (χ0n) is 17.2. The predicted octanol–water partition coefficient (Wildman–Crippen LogP) is 4.01. The Bertz CT molecular complexity index is 1010. The summed E-state index contributed by atoms with van der Waals surface area (Å²) in [5.74, 6) is -1.06. The Hall–Kier alpha value is -2.63. The van der Waals surface area contributed by atoms with Crippen LogP contribution in [0.4, 0.5) is 22.4 Å². The van der Waals surface area contributed by atoms with Crippen LogP contribution in [0.3, 0.4) is 0 Å². The van der Waals surface area contributed by atoms with E-state index in [1.54, 1.807) is 20.8 Å². The first-order valence-corrected chi connectivity index (χ1v) is 10.1. The SMILES string of the molecule is CNC(=O)c1csc2c(C(F)(F)F)cc(OCC3(F)CN(C(=O)OC(C)(C)C)C3)nc12. The molecule has 1 saturated heterocycles. The van der Waals surface area contributed by atoms with Crippen LogP contribution in [0.1, 0.15) is 36.7 Å². The smallest absolute Gasteiger partial charge is 0.418 e. The highest BCUT2D eigenvalue weighted by atomic mass is 32.1. The number of nitrogens with zero attached hydrogens (tertiary/aromatic N) is 2. The van der Waals surface area contributed by atoms with Crippen LogP contribution in [0, 0.1) is 0 Å². The van der Waals surface area contributed by atoms with Crippen molar-refractivity contribution in [1.29, 1.82) is 0 Å². The van der Waals surface area contributed by atoms with Crippen LogP contribution in [0.5, 0.6) is 5.88 Å². The summed E-state index contributed by atoms with van der Waals surface area (Å²) in [7, 11) is 1.34. The lowest BCUT2D eigenvalue weighted by molar-refractivity contribution is -0.136. The Morgan fingerprint density at radius 2 is 1.94 bits per heavy atom. The third-order valence-corrected chi connectivity index (χ3v) is 5.36. The van der Waals surface area contributed by atoms with Crippen molar-refractivity contribution in [3.8, 4) is 5.88 Å². The van der Waals surface area contributed by atoms with Gasteiger partial charge in [0.05, 0.1) is 34.4 Å². The summed E-state index contributed by atoms with van der Waals surface area (Å²) in [6, 6.07) is 0.681. The molecule has 170 valence electrons. The van der Waals surface area contributed by atoms with Crippen LogP contribution in [-0.2, 0) is 10.9 Å². The second kappa shape index (κ2) is 7.81. The molecule has 0 spiro atoms. The summed E-state index contributed by atoms with van der Waals surface area (Å²) in [6.07, 6.45) is -5.41. The van der Waals surface area contributed by atoms with Crippen molar-refractivity contribution >= 4 is 33.6 Å². The molecule has 0 bridgehead atoms.